The molecule has 1 aromatic heterocycles. The highest BCUT2D eigenvalue weighted by atomic mass is 35.5. The van der Waals surface area contributed by atoms with Gasteiger partial charge in [0.25, 0.3) is 0 Å². The van der Waals surface area contributed by atoms with Crippen LogP contribution in [0.1, 0.15) is 31.0 Å². The lowest BCUT2D eigenvalue weighted by atomic mass is 10.1. The van der Waals surface area contributed by atoms with Crippen molar-refractivity contribution in [2.24, 2.45) is 0 Å². The minimum Gasteiger partial charge on any atom is -0.353 e. The van der Waals surface area contributed by atoms with Crippen LogP contribution in [0.3, 0.4) is 0 Å². The van der Waals surface area contributed by atoms with Crippen molar-refractivity contribution in [3.8, 4) is 0 Å². The molecule has 0 radical (unpaired) electrons. The second-order valence-corrected chi connectivity index (χ2v) is 5.45. The summed E-state index contributed by atoms with van der Waals surface area (Å²) in [4.78, 5) is 10.5. The Hall–Kier alpha value is -1.32. The molecular weight excluding hydrogens is 293 g/mol. The summed E-state index contributed by atoms with van der Waals surface area (Å²) in [6.07, 6.45) is 2.30. The Morgan fingerprint density at radius 3 is 2.40 bits per heavy atom. The Balaban J connectivity index is 2.33. The molecule has 2 aromatic rings. The van der Waals surface area contributed by atoms with Crippen molar-refractivity contribution in [1.82, 2.24) is 9.97 Å². The first kappa shape index (κ1) is 15.1. The van der Waals surface area contributed by atoms with Crippen molar-refractivity contribution >= 4 is 29.0 Å². The van der Waals surface area contributed by atoms with E-state index in [4.69, 9.17) is 23.2 Å². The number of rotatable bonds is 4. The number of anilines is 1. The molecule has 1 heterocycles. The van der Waals surface area contributed by atoms with Crippen LogP contribution in [-0.4, -0.2) is 17.0 Å². The molecule has 0 N–H and O–H groups in total. The molecule has 0 aliphatic heterocycles. The third kappa shape index (κ3) is 3.05. The first-order chi connectivity index (χ1) is 9.54. The van der Waals surface area contributed by atoms with Gasteiger partial charge in [-0.05, 0) is 31.0 Å². The molecule has 0 fully saturated rings. The van der Waals surface area contributed by atoms with Gasteiger partial charge in [0.2, 0.25) is 0 Å². The summed E-state index contributed by atoms with van der Waals surface area (Å²) < 4.78 is 0. The molecule has 0 spiro atoms. The fourth-order valence-corrected chi connectivity index (χ4v) is 2.53. The number of halogens is 2. The molecule has 0 amide bonds. The van der Waals surface area contributed by atoms with Gasteiger partial charge in [0, 0.05) is 17.6 Å². The zero-order valence-electron chi connectivity index (χ0n) is 11.8. The van der Waals surface area contributed by atoms with Crippen LogP contribution in [0, 0.1) is 0 Å². The maximum Gasteiger partial charge on any atom is 0.137 e. The lowest BCUT2D eigenvalue weighted by Crippen LogP contribution is -2.24. The van der Waals surface area contributed by atoms with Crippen LogP contribution in [0.25, 0.3) is 0 Å². The minimum atomic E-state index is 0.170. The second kappa shape index (κ2) is 6.42. The topological polar surface area (TPSA) is 29.0 Å². The Kier molecular flexibility index (Phi) is 4.84. The van der Waals surface area contributed by atoms with Crippen molar-refractivity contribution in [1.29, 1.82) is 0 Å². The van der Waals surface area contributed by atoms with Crippen LogP contribution in [-0.2, 0) is 6.42 Å². The third-order valence-corrected chi connectivity index (χ3v) is 4.07. The maximum atomic E-state index is 6.15. The lowest BCUT2D eigenvalue weighted by molar-refractivity contribution is 0.721. The summed E-state index contributed by atoms with van der Waals surface area (Å²) in [5, 5.41) is 1.26. The van der Waals surface area contributed by atoms with E-state index in [-0.39, 0.29) is 6.04 Å². The van der Waals surface area contributed by atoms with Crippen molar-refractivity contribution in [2.75, 3.05) is 11.9 Å². The number of aromatic nitrogens is 2. The van der Waals surface area contributed by atoms with Crippen LogP contribution in [0.4, 0.5) is 5.82 Å². The van der Waals surface area contributed by atoms with Crippen molar-refractivity contribution in [3.63, 3.8) is 0 Å². The van der Waals surface area contributed by atoms with E-state index in [1.165, 1.54) is 11.9 Å². The summed E-state index contributed by atoms with van der Waals surface area (Å²) in [5.41, 5.74) is 2.14. The average molecular weight is 310 g/mol. The molecule has 1 atom stereocenters. The molecule has 0 aliphatic carbocycles. The predicted octanol–water partition coefficient (Wildman–Crippen LogP) is 4.54. The highest BCUT2D eigenvalue weighted by molar-refractivity contribution is 6.30. The van der Waals surface area contributed by atoms with E-state index in [1.807, 2.05) is 31.3 Å². The number of nitrogens with zero attached hydrogens (tertiary/aromatic N) is 3. The number of benzene rings is 1. The van der Waals surface area contributed by atoms with Gasteiger partial charge in [-0.2, -0.15) is 0 Å². The zero-order valence-corrected chi connectivity index (χ0v) is 13.3. The first-order valence-electron chi connectivity index (χ1n) is 6.52. The normalized spacial score (nSPS) is 12.2. The van der Waals surface area contributed by atoms with E-state index >= 15 is 0 Å². The SMILES string of the molecule is CCc1c(Cl)ncnc1N(C)C(C)c1ccc(Cl)cc1. The van der Waals surface area contributed by atoms with Gasteiger partial charge in [-0.3, -0.25) is 0 Å². The van der Waals surface area contributed by atoms with E-state index in [0.29, 0.717) is 5.15 Å². The van der Waals surface area contributed by atoms with E-state index < -0.39 is 0 Å². The van der Waals surface area contributed by atoms with Gasteiger partial charge in [0.1, 0.15) is 17.3 Å². The molecule has 5 heteroatoms. The molecule has 0 bridgehead atoms. The van der Waals surface area contributed by atoms with E-state index in [9.17, 15) is 0 Å². The summed E-state index contributed by atoms with van der Waals surface area (Å²) in [5.74, 6) is 0.870. The molecule has 0 saturated heterocycles. The highest BCUT2D eigenvalue weighted by Crippen LogP contribution is 2.29. The maximum absolute atomic E-state index is 6.15. The van der Waals surface area contributed by atoms with Gasteiger partial charge in [-0.15, -0.1) is 0 Å². The van der Waals surface area contributed by atoms with Crippen LogP contribution in [0.2, 0.25) is 10.2 Å². The fourth-order valence-electron chi connectivity index (χ4n) is 2.14. The summed E-state index contributed by atoms with van der Waals surface area (Å²) in [7, 11) is 2.01. The van der Waals surface area contributed by atoms with Crippen molar-refractivity contribution < 1.29 is 0 Å². The quantitative estimate of drug-likeness (QED) is 0.776. The van der Waals surface area contributed by atoms with Gasteiger partial charge in [-0.1, -0.05) is 42.3 Å². The fraction of sp³-hybridized carbons (Fsp3) is 0.333. The summed E-state index contributed by atoms with van der Waals surface area (Å²) in [6, 6.07) is 8.02. The minimum absolute atomic E-state index is 0.170. The predicted molar refractivity (Wildman–Crippen MR) is 84.7 cm³/mol. The smallest absolute Gasteiger partial charge is 0.137 e. The molecule has 2 rings (SSSR count). The molecule has 106 valence electrons. The van der Waals surface area contributed by atoms with E-state index in [1.54, 1.807) is 0 Å². The van der Waals surface area contributed by atoms with Crippen LogP contribution in [0.5, 0.6) is 0 Å². The standard InChI is InChI=1S/C15H17Cl2N3/c1-4-13-14(17)18-9-19-15(13)20(3)10(2)11-5-7-12(16)8-6-11/h5-10H,4H2,1-3H3. The largest absolute Gasteiger partial charge is 0.353 e. The monoisotopic (exact) mass is 309 g/mol. The third-order valence-electron chi connectivity index (χ3n) is 3.49. The number of hydrogen-bond donors (Lipinski definition) is 0. The van der Waals surface area contributed by atoms with Crippen LogP contribution < -0.4 is 4.90 Å². The zero-order chi connectivity index (χ0) is 14.7. The molecule has 0 saturated carbocycles. The molecular formula is C15H17Cl2N3. The number of hydrogen-bond acceptors (Lipinski definition) is 3. The van der Waals surface area contributed by atoms with Gasteiger partial charge >= 0.3 is 0 Å². The summed E-state index contributed by atoms with van der Waals surface area (Å²) in [6.45, 7) is 4.17. The Morgan fingerprint density at radius 1 is 1.15 bits per heavy atom. The van der Waals surface area contributed by atoms with E-state index in [2.05, 4.69) is 28.7 Å². The lowest BCUT2D eigenvalue weighted by Gasteiger charge is -2.28. The van der Waals surface area contributed by atoms with Gasteiger partial charge in [0.15, 0.2) is 0 Å². The summed E-state index contributed by atoms with van der Waals surface area (Å²) >= 11 is 12.1. The molecule has 20 heavy (non-hydrogen) atoms. The second-order valence-electron chi connectivity index (χ2n) is 4.66. The van der Waals surface area contributed by atoms with Gasteiger partial charge < -0.3 is 4.90 Å². The average Bonchev–Trinajstić information content (AvgIpc) is 2.46. The molecule has 1 aromatic carbocycles. The Morgan fingerprint density at radius 2 is 1.80 bits per heavy atom. The van der Waals surface area contributed by atoms with Gasteiger partial charge in [0.05, 0.1) is 6.04 Å². The van der Waals surface area contributed by atoms with Gasteiger partial charge in [-0.25, -0.2) is 9.97 Å². The highest BCUT2D eigenvalue weighted by Gasteiger charge is 2.18. The van der Waals surface area contributed by atoms with E-state index in [0.717, 1.165) is 22.8 Å². The molecule has 1 unspecified atom stereocenters. The Bertz CT molecular complexity index is 584. The molecule has 3 nitrogen and oxygen atoms in total. The van der Waals surface area contributed by atoms with Crippen molar-refractivity contribution in [2.45, 2.75) is 26.3 Å². The van der Waals surface area contributed by atoms with Crippen molar-refractivity contribution in [3.05, 3.63) is 51.9 Å². The first-order valence-corrected chi connectivity index (χ1v) is 7.27. The van der Waals surface area contributed by atoms with Crippen LogP contribution >= 0.6 is 23.2 Å². The van der Waals surface area contributed by atoms with Crippen LogP contribution in [0.15, 0.2) is 30.6 Å². The molecule has 0 aliphatic rings. The Labute approximate surface area is 129 Å².